The van der Waals surface area contributed by atoms with Crippen LogP contribution in [0.15, 0.2) is 84.9 Å². The Balaban J connectivity index is 1.68. The largest absolute Gasteiger partial charge is 0.497 e. The number of nitrogens with one attached hydrogen (secondary N) is 2. The second-order valence-corrected chi connectivity index (χ2v) is 6.55. The maximum atomic E-state index is 12.9. The number of carbonyl (C=O) groups is 3. The zero-order valence-electron chi connectivity index (χ0n) is 16.9. The van der Waals surface area contributed by atoms with Gasteiger partial charge >= 0.3 is 5.97 Å². The molecule has 0 bridgehead atoms. The van der Waals surface area contributed by atoms with Crippen LogP contribution in [0.1, 0.15) is 22.0 Å². The van der Waals surface area contributed by atoms with Gasteiger partial charge in [-0.3, -0.25) is 14.4 Å². The van der Waals surface area contributed by atoms with Gasteiger partial charge in [0.25, 0.3) is 11.8 Å². The molecule has 0 heterocycles. The zero-order chi connectivity index (χ0) is 22.1. The highest BCUT2D eigenvalue weighted by molar-refractivity contribution is 5.98. The van der Waals surface area contributed by atoms with Crippen molar-refractivity contribution in [3.63, 3.8) is 0 Å². The summed E-state index contributed by atoms with van der Waals surface area (Å²) < 4.78 is 10.6. The molecule has 2 N–H and O–H groups in total. The fourth-order valence-electron chi connectivity index (χ4n) is 2.83. The molecule has 1 atom stereocenters. The minimum absolute atomic E-state index is 0.372. The molecule has 0 aliphatic rings. The van der Waals surface area contributed by atoms with E-state index in [1.807, 2.05) is 0 Å². The molecule has 31 heavy (non-hydrogen) atoms. The molecule has 0 spiro atoms. The van der Waals surface area contributed by atoms with Crippen molar-refractivity contribution in [3.05, 3.63) is 96.1 Å². The van der Waals surface area contributed by atoms with Crippen LogP contribution in [0.4, 0.5) is 5.69 Å². The molecule has 0 unspecified atom stereocenters. The minimum atomic E-state index is -1.19. The van der Waals surface area contributed by atoms with E-state index in [1.54, 1.807) is 84.9 Å². The molecule has 2 amide bonds. The van der Waals surface area contributed by atoms with Crippen LogP contribution in [-0.2, 0) is 14.3 Å². The quantitative estimate of drug-likeness (QED) is 0.547. The van der Waals surface area contributed by atoms with Crippen molar-refractivity contribution < 1.29 is 23.9 Å². The second kappa shape index (κ2) is 10.6. The number of anilines is 1. The Bertz CT molecular complexity index is 1040. The molecule has 0 aliphatic heterocycles. The third-order valence-electron chi connectivity index (χ3n) is 4.36. The summed E-state index contributed by atoms with van der Waals surface area (Å²) in [4.78, 5) is 37.4. The molecular weight excluding hydrogens is 396 g/mol. The molecule has 158 valence electrons. The number of rotatable bonds is 8. The van der Waals surface area contributed by atoms with E-state index < -0.39 is 23.9 Å². The summed E-state index contributed by atoms with van der Waals surface area (Å²) in [6.45, 7) is -0.372. The Morgan fingerprint density at radius 3 is 2.23 bits per heavy atom. The second-order valence-electron chi connectivity index (χ2n) is 6.55. The molecular formula is C24H22N2O5. The molecule has 3 aromatic carbocycles. The van der Waals surface area contributed by atoms with Gasteiger partial charge in [-0.25, -0.2) is 0 Å². The lowest BCUT2D eigenvalue weighted by Crippen LogP contribution is -2.33. The van der Waals surface area contributed by atoms with Crippen molar-refractivity contribution >= 4 is 23.5 Å². The van der Waals surface area contributed by atoms with E-state index in [0.29, 0.717) is 22.6 Å². The van der Waals surface area contributed by atoms with Crippen molar-refractivity contribution in [1.29, 1.82) is 0 Å². The molecule has 0 aromatic heterocycles. The number of benzene rings is 3. The van der Waals surface area contributed by atoms with Crippen LogP contribution < -0.4 is 15.4 Å². The van der Waals surface area contributed by atoms with Crippen LogP contribution >= 0.6 is 0 Å². The summed E-state index contributed by atoms with van der Waals surface area (Å²) in [6.07, 6.45) is -1.19. The van der Waals surface area contributed by atoms with E-state index >= 15 is 0 Å². The number of hydrogen-bond acceptors (Lipinski definition) is 5. The van der Waals surface area contributed by atoms with Crippen LogP contribution in [0.25, 0.3) is 0 Å². The Hall–Kier alpha value is -4.13. The van der Waals surface area contributed by atoms with Gasteiger partial charge in [-0.15, -0.1) is 0 Å². The normalized spacial score (nSPS) is 11.1. The summed E-state index contributed by atoms with van der Waals surface area (Å²) in [6, 6.07) is 24.0. The van der Waals surface area contributed by atoms with Gasteiger partial charge in [0.05, 0.1) is 7.11 Å². The van der Waals surface area contributed by atoms with Crippen LogP contribution in [0.5, 0.6) is 5.75 Å². The fourth-order valence-corrected chi connectivity index (χ4v) is 2.83. The highest BCUT2D eigenvalue weighted by Gasteiger charge is 2.25. The molecule has 0 saturated carbocycles. The highest BCUT2D eigenvalue weighted by atomic mass is 16.5. The predicted octanol–water partition coefficient (Wildman–Crippen LogP) is 3.35. The fraction of sp³-hybridized carbons (Fsp3) is 0.125. The first kappa shape index (κ1) is 21.6. The zero-order valence-corrected chi connectivity index (χ0v) is 16.9. The summed E-state index contributed by atoms with van der Waals surface area (Å²) in [7, 11) is 1.53. The lowest BCUT2D eigenvalue weighted by molar-refractivity contribution is -0.153. The Morgan fingerprint density at radius 1 is 0.871 bits per heavy atom. The van der Waals surface area contributed by atoms with Gasteiger partial charge in [-0.2, -0.15) is 0 Å². The van der Waals surface area contributed by atoms with E-state index in [2.05, 4.69) is 10.6 Å². The van der Waals surface area contributed by atoms with Crippen LogP contribution in [0.3, 0.4) is 0 Å². The van der Waals surface area contributed by atoms with E-state index in [9.17, 15) is 14.4 Å². The molecule has 0 aliphatic carbocycles. The number of carbonyl (C=O) groups excluding carboxylic acids is 3. The molecule has 0 radical (unpaired) electrons. The first-order chi connectivity index (χ1) is 15.1. The van der Waals surface area contributed by atoms with Crippen molar-refractivity contribution in [3.8, 4) is 5.75 Å². The predicted molar refractivity (Wildman–Crippen MR) is 116 cm³/mol. The summed E-state index contributed by atoms with van der Waals surface area (Å²) in [5, 5.41) is 5.23. The van der Waals surface area contributed by atoms with Gasteiger partial charge in [-0.1, -0.05) is 54.6 Å². The topological polar surface area (TPSA) is 93.7 Å². The first-order valence-electron chi connectivity index (χ1n) is 9.59. The van der Waals surface area contributed by atoms with E-state index in [0.717, 1.165) is 0 Å². The van der Waals surface area contributed by atoms with Crippen molar-refractivity contribution in [2.75, 3.05) is 19.0 Å². The molecule has 0 fully saturated rings. The van der Waals surface area contributed by atoms with Gasteiger partial charge < -0.3 is 20.1 Å². The number of amides is 2. The van der Waals surface area contributed by atoms with E-state index in [-0.39, 0.29) is 6.54 Å². The monoisotopic (exact) mass is 418 g/mol. The summed E-state index contributed by atoms with van der Waals surface area (Å²) in [5.41, 5.74) is 1.43. The average molecular weight is 418 g/mol. The maximum absolute atomic E-state index is 12.9. The van der Waals surface area contributed by atoms with Crippen molar-refractivity contribution in [1.82, 2.24) is 5.32 Å². The van der Waals surface area contributed by atoms with Crippen molar-refractivity contribution in [2.24, 2.45) is 0 Å². The van der Waals surface area contributed by atoms with Gasteiger partial charge in [0.2, 0.25) is 6.10 Å². The smallest absolute Gasteiger partial charge is 0.326 e. The van der Waals surface area contributed by atoms with Crippen LogP contribution in [0.2, 0.25) is 0 Å². The molecule has 7 heteroatoms. The average Bonchev–Trinajstić information content (AvgIpc) is 2.82. The third-order valence-corrected chi connectivity index (χ3v) is 4.36. The van der Waals surface area contributed by atoms with Gasteiger partial charge in [0, 0.05) is 22.9 Å². The Morgan fingerprint density at radius 2 is 1.55 bits per heavy atom. The lowest BCUT2D eigenvalue weighted by atomic mass is 10.1. The number of hydrogen-bond donors (Lipinski definition) is 2. The van der Waals surface area contributed by atoms with Crippen molar-refractivity contribution in [2.45, 2.75) is 6.10 Å². The van der Waals surface area contributed by atoms with Gasteiger partial charge in [0.15, 0.2) is 0 Å². The SMILES string of the molecule is COc1cccc(NC(=O)[C@@H](OC(=O)CNC(=O)c2ccccc2)c2ccccc2)c1. The Kier molecular flexibility index (Phi) is 7.37. The first-order valence-corrected chi connectivity index (χ1v) is 9.59. The molecule has 7 nitrogen and oxygen atoms in total. The Labute approximate surface area is 180 Å². The molecule has 0 saturated heterocycles. The minimum Gasteiger partial charge on any atom is -0.497 e. The number of ether oxygens (including phenoxy) is 2. The maximum Gasteiger partial charge on any atom is 0.326 e. The van der Waals surface area contributed by atoms with Gasteiger partial charge in [0.1, 0.15) is 12.3 Å². The van der Waals surface area contributed by atoms with E-state index in [4.69, 9.17) is 9.47 Å². The van der Waals surface area contributed by atoms with Crippen LogP contribution in [-0.4, -0.2) is 31.4 Å². The number of esters is 1. The van der Waals surface area contributed by atoms with Crippen LogP contribution in [0, 0.1) is 0 Å². The lowest BCUT2D eigenvalue weighted by Gasteiger charge is -2.18. The summed E-state index contributed by atoms with van der Waals surface area (Å²) in [5.74, 6) is -1.09. The standard InChI is InChI=1S/C24H22N2O5/c1-30-20-14-8-13-19(15-20)26-24(29)22(17-9-4-2-5-10-17)31-21(27)16-25-23(28)18-11-6-3-7-12-18/h2-15,22H,16H2,1H3,(H,25,28)(H,26,29)/t22-/m0/s1. The molecule has 3 aromatic rings. The number of methoxy groups -OCH3 is 1. The summed E-state index contributed by atoms with van der Waals surface area (Å²) >= 11 is 0. The third kappa shape index (κ3) is 6.17. The highest BCUT2D eigenvalue weighted by Crippen LogP contribution is 2.22. The van der Waals surface area contributed by atoms with Gasteiger partial charge in [-0.05, 0) is 24.3 Å². The van der Waals surface area contributed by atoms with E-state index in [1.165, 1.54) is 7.11 Å². The molecule has 3 rings (SSSR count).